The van der Waals surface area contributed by atoms with Crippen LogP contribution in [0.4, 0.5) is 0 Å². The van der Waals surface area contributed by atoms with Crippen LogP contribution in [0.15, 0.2) is 34.1 Å². The molecule has 19 heavy (non-hydrogen) atoms. The maximum Gasteiger partial charge on any atom is 0.231 e. The van der Waals surface area contributed by atoms with E-state index in [1.165, 1.54) is 23.1 Å². The zero-order chi connectivity index (χ0) is 13.1. The number of hydrogen-bond acceptors (Lipinski definition) is 6. The van der Waals surface area contributed by atoms with Crippen LogP contribution in [0.3, 0.4) is 0 Å². The number of hydrogen-bond donors (Lipinski definition) is 1. The van der Waals surface area contributed by atoms with Crippen molar-refractivity contribution < 1.29 is 9.53 Å². The van der Waals surface area contributed by atoms with E-state index in [-0.39, 0.29) is 11.9 Å². The Balaban J connectivity index is 1.56. The monoisotopic (exact) mass is 293 g/mol. The molecule has 1 atom stereocenters. The lowest BCUT2D eigenvalue weighted by Crippen LogP contribution is -2.30. The van der Waals surface area contributed by atoms with Crippen LogP contribution >= 0.6 is 23.1 Å². The Morgan fingerprint density at radius 1 is 1.53 bits per heavy atom. The second-order valence-electron chi connectivity index (χ2n) is 3.96. The fourth-order valence-electron chi connectivity index (χ4n) is 1.87. The molecule has 1 aliphatic rings. The molecule has 1 aliphatic heterocycles. The molecule has 0 aliphatic carbocycles. The summed E-state index contributed by atoms with van der Waals surface area (Å²) >= 11 is 2.82. The van der Waals surface area contributed by atoms with Crippen molar-refractivity contribution in [1.29, 1.82) is 0 Å². The third-order valence-corrected chi connectivity index (χ3v) is 4.56. The van der Waals surface area contributed by atoms with Crippen molar-refractivity contribution in [2.45, 2.75) is 10.4 Å². The van der Waals surface area contributed by atoms with Gasteiger partial charge >= 0.3 is 0 Å². The number of carbonyl (C=O) groups excluding carboxylic acids is 1. The molecule has 2 aromatic rings. The molecular formula is C12H11N3O2S2. The van der Waals surface area contributed by atoms with Crippen LogP contribution in [0, 0.1) is 0 Å². The summed E-state index contributed by atoms with van der Waals surface area (Å²) in [6, 6.07) is 7.71. The van der Waals surface area contributed by atoms with Crippen LogP contribution in [0.25, 0.3) is 0 Å². The first-order chi connectivity index (χ1) is 9.33. The van der Waals surface area contributed by atoms with Gasteiger partial charge < -0.3 is 10.1 Å². The van der Waals surface area contributed by atoms with E-state index in [1.54, 1.807) is 5.51 Å². The predicted molar refractivity (Wildman–Crippen MR) is 73.5 cm³/mol. The number of thioether (sulfide) groups is 1. The van der Waals surface area contributed by atoms with Crippen LogP contribution < -0.4 is 10.1 Å². The van der Waals surface area contributed by atoms with Gasteiger partial charge in [0, 0.05) is 5.56 Å². The van der Waals surface area contributed by atoms with E-state index in [0.717, 1.165) is 15.7 Å². The number of para-hydroxylation sites is 1. The van der Waals surface area contributed by atoms with Gasteiger partial charge in [0.05, 0.1) is 11.8 Å². The van der Waals surface area contributed by atoms with E-state index in [2.05, 4.69) is 15.5 Å². The van der Waals surface area contributed by atoms with Gasteiger partial charge in [0.15, 0.2) is 4.34 Å². The summed E-state index contributed by atoms with van der Waals surface area (Å²) in [7, 11) is 0. The van der Waals surface area contributed by atoms with Crippen LogP contribution in [0.1, 0.15) is 11.6 Å². The lowest BCUT2D eigenvalue weighted by atomic mass is 10.1. The summed E-state index contributed by atoms with van der Waals surface area (Å²) in [5.74, 6) is 1.17. The number of rotatable bonds is 4. The molecule has 98 valence electrons. The Bertz CT molecular complexity index is 574. The molecule has 1 aromatic heterocycles. The van der Waals surface area contributed by atoms with Crippen molar-refractivity contribution in [3.63, 3.8) is 0 Å². The largest absolute Gasteiger partial charge is 0.491 e. The minimum atomic E-state index is -0.0567. The van der Waals surface area contributed by atoms with Crippen molar-refractivity contribution in [2.24, 2.45) is 0 Å². The normalized spacial score (nSPS) is 16.7. The quantitative estimate of drug-likeness (QED) is 0.872. The highest BCUT2D eigenvalue weighted by Crippen LogP contribution is 2.31. The molecule has 0 saturated heterocycles. The topological polar surface area (TPSA) is 64.1 Å². The molecule has 0 saturated carbocycles. The predicted octanol–water partition coefficient (Wildman–Crippen LogP) is 1.88. The van der Waals surface area contributed by atoms with E-state index in [4.69, 9.17) is 4.74 Å². The summed E-state index contributed by atoms with van der Waals surface area (Å²) in [5.41, 5.74) is 2.69. The van der Waals surface area contributed by atoms with Crippen LogP contribution in [-0.2, 0) is 4.79 Å². The molecule has 0 spiro atoms. The van der Waals surface area contributed by atoms with Gasteiger partial charge in [-0.05, 0) is 6.07 Å². The lowest BCUT2D eigenvalue weighted by molar-refractivity contribution is -0.119. The number of aromatic nitrogens is 2. The molecule has 0 radical (unpaired) electrons. The lowest BCUT2D eigenvalue weighted by Gasteiger charge is -2.10. The van der Waals surface area contributed by atoms with Gasteiger partial charge in [0.2, 0.25) is 5.91 Å². The van der Waals surface area contributed by atoms with Crippen molar-refractivity contribution in [3.8, 4) is 5.75 Å². The molecule has 1 N–H and O–H groups in total. The van der Waals surface area contributed by atoms with Gasteiger partial charge in [-0.3, -0.25) is 4.79 Å². The Hall–Kier alpha value is -1.60. The highest BCUT2D eigenvalue weighted by atomic mass is 32.2. The number of amides is 1. The summed E-state index contributed by atoms with van der Waals surface area (Å²) in [5, 5.41) is 10.6. The molecule has 2 heterocycles. The van der Waals surface area contributed by atoms with Crippen molar-refractivity contribution in [3.05, 3.63) is 35.3 Å². The van der Waals surface area contributed by atoms with Gasteiger partial charge in [-0.25, -0.2) is 0 Å². The average Bonchev–Trinajstić information content (AvgIpc) is 3.07. The van der Waals surface area contributed by atoms with Gasteiger partial charge in [-0.15, -0.1) is 10.2 Å². The SMILES string of the molecule is O=C(CSc1nncs1)N[C@@H]1COc2ccccc21. The second-order valence-corrected chi connectivity index (χ2v) is 6.02. The van der Waals surface area contributed by atoms with E-state index < -0.39 is 0 Å². The summed E-state index contributed by atoms with van der Waals surface area (Å²) in [6.07, 6.45) is 0. The van der Waals surface area contributed by atoms with Gasteiger partial charge in [0.25, 0.3) is 0 Å². The highest BCUT2D eigenvalue weighted by molar-refractivity contribution is 8.01. The molecule has 7 heteroatoms. The molecule has 0 unspecified atom stereocenters. The third kappa shape index (κ3) is 2.87. The van der Waals surface area contributed by atoms with Crippen LogP contribution in [0.2, 0.25) is 0 Å². The van der Waals surface area contributed by atoms with Gasteiger partial charge in [-0.2, -0.15) is 0 Å². The Morgan fingerprint density at radius 3 is 3.26 bits per heavy atom. The maximum absolute atomic E-state index is 11.9. The first-order valence-electron chi connectivity index (χ1n) is 5.73. The number of nitrogens with zero attached hydrogens (tertiary/aromatic N) is 2. The number of fused-ring (bicyclic) bond motifs is 1. The first kappa shape index (κ1) is 12.4. The molecule has 3 rings (SSSR count). The number of benzene rings is 1. The van der Waals surface area contributed by atoms with Crippen molar-refractivity contribution in [1.82, 2.24) is 15.5 Å². The maximum atomic E-state index is 11.9. The molecule has 0 bridgehead atoms. The number of carbonyl (C=O) groups is 1. The minimum Gasteiger partial charge on any atom is -0.491 e. The zero-order valence-electron chi connectivity index (χ0n) is 9.91. The zero-order valence-corrected chi connectivity index (χ0v) is 11.5. The Labute approximate surface area is 118 Å². The smallest absolute Gasteiger partial charge is 0.231 e. The summed E-state index contributed by atoms with van der Waals surface area (Å²) in [4.78, 5) is 11.9. The Kier molecular flexibility index (Phi) is 3.65. The molecule has 0 fully saturated rings. The van der Waals surface area contributed by atoms with E-state index in [0.29, 0.717) is 12.4 Å². The van der Waals surface area contributed by atoms with E-state index in [9.17, 15) is 4.79 Å². The molecule has 1 aromatic carbocycles. The number of ether oxygens (including phenoxy) is 1. The van der Waals surface area contributed by atoms with E-state index >= 15 is 0 Å². The standard InChI is InChI=1S/C12H11N3O2S2/c16-11(6-18-12-15-13-7-19-12)14-9-5-17-10-4-2-1-3-8(9)10/h1-4,7,9H,5-6H2,(H,14,16)/t9-/m1/s1. The van der Waals surface area contributed by atoms with Crippen molar-refractivity contribution in [2.75, 3.05) is 12.4 Å². The highest BCUT2D eigenvalue weighted by Gasteiger charge is 2.24. The van der Waals surface area contributed by atoms with Crippen LogP contribution in [-0.4, -0.2) is 28.5 Å². The fourth-order valence-corrected chi connectivity index (χ4v) is 3.17. The van der Waals surface area contributed by atoms with E-state index in [1.807, 2.05) is 24.3 Å². The second kappa shape index (κ2) is 5.58. The van der Waals surface area contributed by atoms with Crippen molar-refractivity contribution >= 4 is 29.0 Å². The number of nitrogens with one attached hydrogen (secondary N) is 1. The first-order valence-corrected chi connectivity index (χ1v) is 7.59. The van der Waals surface area contributed by atoms with Gasteiger partial charge in [0.1, 0.15) is 17.9 Å². The fraction of sp³-hybridized carbons (Fsp3) is 0.250. The summed E-state index contributed by atoms with van der Waals surface area (Å²) < 4.78 is 6.32. The third-order valence-electron chi connectivity index (χ3n) is 2.70. The van der Waals surface area contributed by atoms with Crippen LogP contribution in [0.5, 0.6) is 5.75 Å². The summed E-state index contributed by atoms with van der Waals surface area (Å²) in [6.45, 7) is 0.495. The minimum absolute atomic E-state index is 0.0227. The molecular weight excluding hydrogens is 282 g/mol. The molecule has 1 amide bonds. The average molecular weight is 293 g/mol. The Morgan fingerprint density at radius 2 is 2.42 bits per heavy atom. The van der Waals surface area contributed by atoms with Gasteiger partial charge in [-0.1, -0.05) is 41.3 Å². The molecule has 5 nitrogen and oxygen atoms in total.